The van der Waals surface area contributed by atoms with Crippen LogP contribution in [0.4, 0.5) is 0 Å². The molecule has 78 heavy (non-hydrogen) atoms. The van der Waals surface area contributed by atoms with Gasteiger partial charge in [0.25, 0.3) is 0 Å². The quantitative estimate of drug-likeness (QED) is 0.0238. The normalized spacial score (nSPS) is 19.7. The van der Waals surface area contributed by atoms with Gasteiger partial charge in [-0.15, -0.1) is 0 Å². The number of amides is 5. The maximum Gasteiger partial charge on any atom is 0.471 e. The molecule has 10 N–H and O–H groups in total. The van der Waals surface area contributed by atoms with Crippen LogP contribution in [-0.2, 0) is 70.9 Å². The summed E-state index contributed by atoms with van der Waals surface area (Å²) in [6, 6.07) is -3.37. The predicted octanol–water partition coefficient (Wildman–Crippen LogP) is 3.02. The van der Waals surface area contributed by atoms with Gasteiger partial charge in [0.1, 0.15) is 36.4 Å². The average molecular weight is 1140 g/mol. The van der Waals surface area contributed by atoms with Crippen LogP contribution < -0.4 is 32.1 Å². The minimum atomic E-state index is -4.05. The van der Waals surface area contributed by atoms with Gasteiger partial charge in [-0.3, -0.25) is 33.0 Å². The molecule has 1 aliphatic rings. The summed E-state index contributed by atoms with van der Waals surface area (Å²) in [5, 5.41) is 44.7. The molecule has 0 aromatic rings. The van der Waals surface area contributed by atoms with Gasteiger partial charge in [0.05, 0.1) is 55.1 Å². The van der Waals surface area contributed by atoms with E-state index < -0.39 is 103 Å². The van der Waals surface area contributed by atoms with E-state index >= 15 is 0 Å². The lowest BCUT2D eigenvalue weighted by atomic mass is 9.96. The Morgan fingerprint density at radius 3 is 1.81 bits per heavy atom. The van der Waals surface area contributed by atoms with Crippen molar-refractivity contribution < 1.29 is 91.1 Å². The highest BCUT2D eigenvalue weighted by Gasteiger charge is 2.47. The summed E-state index contributed by atoms with van der Waals surface area (Å²) in [5.41, 5.74) is -0.328. The Kier molecular flexibility index (Phi) is 34.3. The standard InChI is InChI=1S/C52H99N6O19P/c1-13-71-51(8,9)33-41(62)53-28-19-17-23-38(47(67)77-55-30-18-15-16-20-31-74-78(68,69)70-12)58-46(66)37(24-22-29-54-42(63)34-52(10,11)72-14-2)57-40(61)25-21-26-49(4,5)73-32-27-50(6,7)76-48-43(56-36(3)60)45(65)44(64)39(35-59)75-48/h37-39,43-45,48,55,59,64-65H,13-35H2,1-12H3,(H,53,62)(H,54,63)(H,56,60)(H,57,61)(H,58,66)(H,68,69). The van der Waals surface area contributed by atoms with Crippen molar-refractivity contribution in [2.45, 2.75) is 238 Å². The molecule has 0 saturated carbocycles. The van der Waals surface area contributed by atoms with E-state index in [9.17, 15) is 53.5 Å². The number of hydrogen-bond donors (Lipinski definition) is 10. The molecule has 25 nitrogen and oxygen atoms in total. The molecular formula is C52H99N6O19P. The summed E-state index contributed by atoms with van der Waals surface area (Å²) in [6.07, 6.45) is -0.0181. The number of unbranched alkanes of at least 4 members (excludes halogenated alkanes) is 4. The fourth-order valence-electron chi connectivity index (χ4n) is 8.42. The number of carbonyl (C=O) groups is 6. The molecule has 5 amide bonds. The van der Waals surface area contributed by atoms with E-state index in [2.05, 4.69) is 36.6 Å². The Bertz CT molecular complexity index is 1840. The first-order chi connectivity index (χ1) is 36.4. The van der Waals surface area contributed by atoms with Crippen molar-refractivity contribution in [1.82, 2.24) is 32.1 Å². The lowest BCUT2D eigenvalue weighted by molar-refractivity contribution is -0.297. The predicted molar refractivity (Wildman–Crippen MR) is 288 cm³/mol. The Labute approximate surface area is 462 Å². The number of rotatable bonds is 43. The van der Waals surface area contributed by atoms with Gasteiger partial charge in [0.2, 0.25) is 29.5 Å². The van der Waals surface area contributed by atoms with Crippen molar-refractivity contribution in [2.24, 2.45) is 0 Å². The first kappa shape index (κ1) is 72.6. The molecule has 1 heterocycles. The molecule has 8 unspecified atom stereocenters. The van der Waals surface area contributed by atoms with E-state index in [0.717, 1.165) is 7.11 Å². The van der Waals surface area contributed by atoms with E-state index in [-0.39, 0.29) is 70.2 Å². The molecule has 1 fully saturated rings. The molecule has 0 aliphatic carbocycles. The zero-order valence-corrected chi connectivity index (χ0v) is 49.6. The summed E-state index contributed by atoms with van der Waals surface area (Å²) in [4.78, 5) is 93.4. The summed E-state index contributed by atoms with van der Waals surface area (Å²) < 4.78 is 50.2. The van der Waals surface area contributed by atoms with E-state index in [4.69, 9.17) is 33.0 Å². The van der Waals surface area contributed by atoms with Crippen LogP contribution in [0.25, 0.3) is 0 Å². The van der Waals surface area contributed by atoms with Gasteiger partial charge in [0, 0.05) is 53.3 Å². The maximum absolute atomic E-state index is 14.1. The Morgan fingerprint density at radius 1 is 0.654 bits per heavy atom. The number of nitrogens with one attached hydrogen (secondary N) is 6. The Hall–Kier alpha value is -3.43. The third-order valence-corrected chi connectivity index (χ3v) is 13.6. The van der Waals surface area contributed by atoms with Crippen molar-refractivity contribution in [2.75, 3.05) is 59.8 Å². The number of hydrogen-bond acceptors (Lipinski definition) is 19. The smallest absolute Gasteiger partial charge is 0.394 e. The molecular weight excluding hydrogens is 1040 g/mol. The molecule has 1 rings (SSSR count). The number of aliphatic hydroxyl groups is 3. The zero-order chi connectivity index (χ0) is 59.2. The third-order valence-electron chi connectivity index (χ3n) is 12.6. The van der Waals surface area contributed by atoms with Crippen LogP contribution in [-0.4, -0.2) is 181 Å². The SMILES string of the molecule is CCOC(C)(C)CC(=O)NCCCCC(NC(=O)C(CCCNC(=O)CC(C)(C)OCC)NC(=O)CCCC(C)(C)OCCC(C)(C)OC1OC(CO)C(O)C(O)C1NC(C)=O)C(=O)ONCCCCCCOP(=O)(O)OC. The second-order valence-corrected chi connectivity index (χ2v) is 23.6. The van der Waals surface area contributed by atoms with Crippen molar-refractivity contribution in [3.63, 3.8) is 0 Å². The number of hydroxylamine groups is 1. The molecule has 0 aromatic carbocycles. The maximum atomic E-state index is 14.1. The molecule has 1 aliphatic heterocycles. The lowest BCUT2D eigenvalue weighted by Gasteiger charge is -2.44. The van der Waals surface area contributed by atoms with Crippen LogP contribution in [0.2, 0.25) is 0 Å². The van der Waals surface area contributed by atoms with Crippen LogP contribution in [0.1, 0.15) is 172 Å². The third kappa shape index (κ3) is 32.1. The van der Waals surface area contributed by atoms with E-state index in [0.29, 0.717) is 84.0 Å². The molecule has 26 heteroatoms. The van der Waals surface area contributed by atoms with Crippen molar-refractivity contribution in [1.29, 1.82) is 0 Å². The number of ether oxygens (including phenoxy) is 5. The fourth-order valence-corrected chi connectivity index (χ4v) is 8.88. The average Bonchev–Trinajstić information content (AvgIpc) is 3.32. The van der Waals surface area contributed by atoms with Crippen molar-refractivity contribution in [3.05, 3.63) is 0 Å². The van der Waals surface area contributed by atoms with Crippen LogP contribution in [0.5, 0.6) is 0 Å². The molecule has 1 saturated heterocycles. The highest BCUT2D eigenvalue weighted by molar-refractivity contribution is 7.47. The molecule has 0 aromatic heterocycles. The molecule has 8 atom stereocenters. The van der Waals surface area contributed by atoms with Crippen molar-refractivity contribution >= 4 is 43.3 Å². The summed E-state index contributed by atoms with van der Waals surface area (Å²) in [6.45, 7) is 20.8. The second kappa shape index (κ2) is 36.8. The molecule has 0 bridgehead atoms. The summed E-state index contributed by atoms with van der Waals surface area (Å²) in [5.74, 6) is -2.76. The van der Waals surface area contributed by atoms with Gasteiger partial charge in [0.15, 0.2) is 6.29 Å². The van der Waals surface area contributed by atoms with Gasteiger partial charge in [-0.05, 0) is 133 Å². The van der Waals surface area contributed by atoms with E-state index in [1.54, 1.807) is 13.8 Å². The Morgan fingerprint density at radius 2 is 1.23 bits per heavy atom. The van der Waals surface area contributed by atoms with Crippen LogP contribution in [0.15, 0.2) is 0 Å². The highest BCUT2D eigenvalue weighted by atomic mass is 31.2. The number of phosphoric acid groups is 1. The summed E-state index contributed by atoms with van der Waals surface area (Å²) in [7, 11) is -2.97. The van der Waals surface area contributed by atoms with Gasteiger partial charge in [-0.25, -0.2) is 9.36 Å². The summed E-state index contributed by atoms with van der Waals surface area (Å²) >= 11 is 0. The van der Waals surface area contributed by atoms with Crippen molar-refractivity contribution in [3.8, 4) is 0 Å². The van der Waals surface area contributed by atoms with Crippen LogP contribution in [0.3, 0.4) is 0 Å². The van der Waals surface area contributed by atoms with E-state index in [1.807, 2.05) is 55.4 Å². The van der Waals surface area contributed by atoms with Crippen LogP contribution >= 0.6 is 7.82 Å². The number of aliphatic hydroxyl groups excluding tert-OH is 3. The lowest BCUT2D eigenvalue weighted by Crippen LogP contribution is -2.65. The van der Waals surface area contributed by atoms with Gasteiger partial charge >= 0.3 is 13.8 Å². The van der Waals surface area contributed by atoms with Gasteiger partial charge in [-0.1, -0.05) is 12.8 Å². The Balaban J connectivity index is 3.08. The zero-order valence-electron chi connectivity index (χ0n) is 48.7. The molecule has 0 spiro atoms. The fraction of sp³-hybridized carbons (Fsp3) is 0.885. The largest absolute Gasteiger partial charge is 0.471 e. The number of carbonyl (C=O) groups excluding carboxylic acids is 6. The number of phosphoric ester groups is 1. The first-order valence-corrected chi connectivity index (χ1v) is 29.0. The second-order valence-electron chi connectivity index (χ2n) is 22.0. The minimum absolute atomic E-state index is 0.0173. The topological polar surface area (TPSA) is 346 Å². The monoisotopic (exact) mass is 1140 g/mol. The van der Waals surface area contributed by atoms with Gasteiger partial charge < -0.3 is 75.3 Å². The van der Waals surface area contributed by atoms with Crippen LogP contribution in [0, 0.1) is 0 Å². The highest BCUT2D eigenvalue weighted by Crippen LogP contribution is 2.42. The minimum Gasteiger partial charge on any atom is -0.394 e. The van der Waals surface area contributed by atoms with Gasteiger partial charge in [-0.2, -0.15) is 5.48 Å². The molecule has 0 radical (unpaired) electrons. The first-order valence-electron chi connectivity index (χ1n) is 27.5. The molecule has 456 valence electrons. The van der Waals surface area contributed by atoms with E-state index in [1.165, 1.54) is 6.92 Å².